The maximum absolute atomic E-state index is 12.3. The second-order valence-corrected chi connectivity index (χ2v) is 5.67. The van der Waals surface area contributed by atoms with Crippen LogP contribution in [0.25, 0.3) is 0 Å². The lowest BCUT2D eigenvalue weighted by molar-refractivity contribution is -0.120. The van der Waals surface area contributed by atoms with Crippen LogP contribution in [0.3, 0.4) is 0 Å². The summed E-state index contributed by atoms with van der Waals surface area (Å²) < 4.78 is 1.99. The average Bonchev–Trinajstić information content (AvgIpc) is 2.81. The molecule has 1 heterocycles. The van der Waals surface area contributed by atoms with E-state index < -0.39 is 0 Å². The van der Waals surface area contributed by atoms with Crippen molar-refractivity contribution in [1.29, 1.82) is 0 Å². The highest BCUT2D eigenvalue weighted by Crippen LogP contribution is 2.44. The number of fused-ring (bicyclic) bond motifs is 2. The zero-order valence-electron chi connectivity index (χ0n) is 10.1. The number of hydrogen-bond acceptors (Lipinski definition) is 3. The van der Waals surface area contributed by atoms with Gasteiger partial charge in [0.2, 0.25) is 11.9 Å². The van der Waals surface area contributed by atoms with Gasteiger partial charge in [-0.1, -0.05) is 12.2 Å². The Bertz CT molecular complexity index is 517. The molecule has 3 unspecified atom stereocenters. The third kappa shape index (κ3) is 1.57. The molecule has 2 saturated carbocycles. The predicted molar refractivity (Wildman–Crippen MR) is 65.8 cm³/mol. The summed E-state index contributed by atoms with van der Waals surface area (Å²) in [5, 5.41) is 10.9. The predicted octanol–water partition coefficient (Wildman–Crippen LogP) is 1.76. The van der Waals surface area contributed by atoms with E-state index in [1.165, 1.54) is 0 Å². The van der Waals surface area contributed by atoms with Crippen molar-refractivity contribution in [2.24, 2.45) is 17.8 Å². The van der Waals surface area contributed by atoms with Crippen molar-refractivity contribution in [3.63, 3.8) is 0 Å². The van der Waals surface area contributed by atoms with Crippen LogP contribution in [0.2, 0.25) is 0 Å². The van der Waals surface area contributed by atoms with E-state index in [0.717, 1.165) is 25.7 Å². The van der Waals surface area contributed by atoms with Crippen LogP contribution in [0.1, 0.15) is 31.7 Å². The third-order valence-corrected chi connectivity index (χ3v) is 4.36. The first-order valence-electron chi connectivity index (χ1n) is 6.70. The summed E-state index contributed by atoms with van der Waals surface area (Å²) in [7, 11) is 0. The van der Waals surface area contributed by atoms with Crippen molar-refractivity contribution in [2.45, 2.75) is 31.7 Å². The molecular formula is C13H16N4O. The van der Waals surface area contributed by atoms with Gasteiger partial charge in [0.05, 0.1) is 0 Å². The first kappa shape index (κ1) is 10.3. The molecule has 0 spiro atoms. The number of rotatable bonds is 3. The summed E-state index contributed by atoms with van der Waals surface area (Å²) in [6.45, 7) is 0. The number of carbonyl (C=O) groups excluding carboxylic acids is 1. The number of carbonyl (C=O) groups is 1. The van der Waals surface area contributed by atoms with E-state index in [9.17, 15) is 4.79 Å². The van der Waals surface area contributed by atoms with Crippen molar-refractivity contribution < 1.29 is 4.79 Å². The normalized spacial score (nSPS) is 33.0. The summed E-state index contributed by atoms with van der Waals surface area (Å²) in [6, 6.07) is 0.496. The Labute approximate surface area is 105 Å². The Hall–Kier alpha value is -1.65. The van der Waals surface area contributed by atoms with Crippen molar-refractivity contribution in [2.75, 3.05) is 5.32 Å². The van der Waals surface area contributed by atoms with Crippen LogP contribution in [-0.4, -0.2) is 20.7 Å². The third-order valence-electron chi connectivity index (χ3n) is 4.36. The van der Waals surface area contributed by atoms with Crippen LogP contribution in [0.4, 0.5) is 5.95 Å². The number of hydrogen-bond donors (Lipinski definition) is 1. The molecule has 4 rings (SSSR count). The van der Waals surface area contributed by atoms with Crippen molar-refractivity contribution in [3.05, 3.63) is 18.5 Å². The molecule has 0 aliphatic heterocycles. The average molecular weight is 244 g/mol. The first-order chi connectivity index (χ1) is 8.81. The zero-order valence-corrected chi connectivity index (χ0v) is 10.1. The molecule has 0 aromatic carbocycles. The number of nitrogens with one attached hydrogen (secondary N) is 1. The highest BCUT2D eigenvalue weighted by Gasteiger charge is 2.40. The molecule has 3 aliphatic rings. The fourth-order valence-corrected chi connectivity index (χ4v) is 3.24. The number of nitrogens with zero attached hydrogens (tertiary/aromatic N) is 3. The highest BCUT2D eigenvalue weighted by molar-refractivity contribution is 5.91. The zero-order chi connectivity index (χ0) is 12.1. The van der Waals surface area contributed by atoms with Gasteiger partial charge in [0, 0.05) is 12.0 Å². The van der Waals surface area contributed by atoms with Gasteiger partial charge < -0.3 is 0 Å². The molecule has 0 saturated heterocycles. The topological polar surface area (TPSA) is 59.8 Å². The van der Waals surface area contributed by atoms with Crippen LogP contribution in [0.15, 0.2) is 18.5 Å². The molecule has 18 heavy (non-hydrogen) atoms. The Morgan fingerprint density at radius 1 is 1.33 bits per heavy atom. The minimum Gasteiger partial charge on any atom is -0.297 e. The summed E-state index contributed by atoms with van der Waals surface area (Å²) in [4.78, 5) is 12.3. The Morgan fingerprint density at radius 2 is 2.22 bits per heavy atom. The van der Waals surface area contributed by atoms with Gasteiger partial charge in [-0.15, -0.1) is 10.2 Å². The summed E-state index contributed by atoms with van der Waals surface area (Å²) in [6.07, 6.45) is 10.6. The fraction of sp³-hybridized carbons (Fsp3) is 0.615. The van der Waals surface area contributed by atoms with Gasteiger partial charge in [0.25, 0.3) is 0 Å². The number of anilines is 1. The monoisotopic (exact) mass is 244 g/mol. The van der Waals surface area contributed by atoms with E-state index in [2.05, 4.69) is 27.7 Å². The van der Waals surface area contributed by atoms with E-state index in [-0.39, 0.29) is 11.8 Å². The number of amides is 1. The largest absolute Gasteiger partial charge is 0.297 e. The molecular weight excluding hydrogens is 228 g/mol. The van der Waals surface area contributed by atoms with E-state index in [0.29, 0.717) is 23.8 Å². The van der Waals surface area contributed by atoms with Gasteiger partial charge in [-0.2, -0.15) is 0 Å². The van der Waals surface area contributed by atoms with Crippen molar-refractivity contribution in [1.82, 2.24) is 14.8 Å². The highest BCUT2D eigenvalue weighted by atomic mass is 16.2. The molecule has 3 atom stereocenters. The number of aromatic nitrogens is 3. The van der Waals surface area contributed by atoms with Crippen LogP contribution < -0.4 is 5.32 Å². The summed E-state index contributed by atoms with van der Waals surface area (Å²) >= 11 is 0. The molecule has 5 heteroatoms. The lowest BCUT2D eigenvalue weighted by Crippen LogP contribution is -2.27. The first-order valence-corrected chi connectivity index (χ1v) is 6.70. The van der Waals surface area contributed by atoms with E-state index >= 15 is 0 Å². The molecule has 1 amide bonds. The Kier molecular flexibility index (Phi) is 2.10. The second kappa shape index (κ2) is 3.67. The molecule has 2 fully saturated rings. The molecule has 3 aliphatic carbocycles. The fourth-order valence-electron chi connectivity index (χ4n) is 3.24. The maximum atomic E-state index is 12.3. The van der Waals surface area contributed by atoms with Crippen LogP contribution in [0, 0.1) is 17.8 Å². The van der Waals surface area contributed by atoms with Gasteiger partial charge in [-0.25, -0.2) is 0 Å². The lowest BCUT2D eigenvalue weighted by Gasteiger charge is -2.17. The molecule has 1 aromatic heterocycles. The van der Waals surface area contributed by atoms with Gasteiger partial charge in [0.15, 0.2) is 0 Å². The van der Waals surface area contributed by atoms with E-state index in [4.69, 9.17) is 0 Å². The maximum Gasteiger partial charge on any atom is 0.231 e. The molecule has 1 N–H and O–H groups in total. The molecule has 2 bridgehead atoms. The SMILES string of the molecule is O=C(Nc1nncn1C1CC1)C1CC2C=CC1C2. The van der Waals surface area contributed by atoms with E-state index in [1.807, 2.05) is 4.57 Å². The summed E-state index contributed by atoms with van der Waals surface area (Å²) in [5.41, 5.74) is 0. The van der Waals surface area contributed by atoms with Gasteiger partial charge in [0.1, 0.15) is 6.33 Å². The molecule has 5 nitrogen and oxygen atoms in total. The van der Waals surface area contributed by atoms with Crippen LogP contribution in [0.5, 0.6) is 0 Å². The minimum atomic E-state index is 0.113. The van der Waals surface area contributed by atoms with Gasteiger partial charge >= 0.3 is 0 Å². The van der Waals surface area contributed by atoms with Gasteiger partial charge in [-0.05, 0) is 37.5 Å². The standard InChI is InChI=1S/C13H16N4O/c18-12(11-6-8-1-2-9(11)5-8)15-13-16-14-7-17(13)10-3-4-10/h1-2,7-11H,3-6H2,(H,15,16,18). The Morgan fingerprint density at radius 3 is 2.89 bits per heavy atom. The quantitative estimate of drug-likeness (QED) is 0.824. The smallest absolute Gasteiger partial charge is 0.231 e. The van der Waals surface area contributed by atoms with Gasteiger partial charge in [-0.3, -0.25) is 14.7 Å². The second-order valence-electron chi connectivity index (χ2n) is 5.67. The summed E-state index contributed by atoms with van der Waals surface area (Å²) in [5.74, 6) is 1.92. The molecule has 1 aromatic rings. The van der Waals surface area contributed by atoms with E-state index in [1.54, 1.807) is 6.33 Å². The molecule has 94 valence electrons. The van der Waals surface area contributed by atoms with Crippen molar-refractivity contribution in [3.8, 4) is 0 Å². The van der Waals surface area contributed by atoms with Crippen LogP contribution >= 0.6 is 0 Å². The number of allylic oxidation sites excluding steroid dienone is 2. The minimum absolute atomic E-state index is 0.113. The molecule has 0 radical (unpaired) electrons. The van der Waals surface area contributed by atoms with Crippen LogP contribution in [-0.2, 0) is 4.79 Å². The Balaban J connectivity index is 1.49. The van der Waals surface area contributed by atoms with Crippen molar-refractivity contribution >= 4 is 11.9 Å². The lowest BCUT2D eigenvalue weighted by atomic mass is 9.93.